The molecule has 0 aliphatic carbocycles. The Labute approximate surface area is 196 Å². The molecule has 4 aromatic rings. The van der Waals surface area contributed by atoms with Gasteiger partial charge in [-0.1, -0.05) is 43.8 Å². The SMILES string of the molecule is COc1ccc(NC(=O)CSc2nnc(C(C)C)c3cnn(-c4ccccc4)c23)c(OC)c1. The first-order valence-electron chi connectivity index (χ1n) is 10.5. The van der Waals surface area contributed by atoms with Gasteiger partial charge in [0.1, 0.15) is 22.0 Å². The molecular formula is C24H25N5O3S. The van der Waals surface area contributed by atoms with Gasteiger partial charge in [-0.2, -0.15) is 10.2 Å². The molecule has 2 heterocycles. The molecular weight excluding hydrogens is 438 g/mol. The minimum atomic E-state index is -0.183. The number of para-hydroxylation sites is 1. The van der Waals surface area contributed by atoms with Gasteiger partial charge in [0.15, 0.2) is 0 Å². The summed E-state index contributed by atoms with van der Waals surface area (Å²) in [4.78, 5) is 12.7. The van der Waals surface area contributed by atoms with Crippen LogP contribution in [0.5, 0.6) is 11.5 Å². The van der Waals surface area contributed by atoms with Crippen LogP contribution in [0.25, 0.3) is 16.6 Å². The topological polar surface area (TPSA) is 91.2 Å². The van der Waals surface area contributed by atoms with E-state index in [1.54, 1.807) is 32.4 Å². The van der Waals surface area contributed by atoms with E-state index in [0.717, 1.165) is 22.3 Å². The molecule has 0 saturated carbocycles. The summed E-state index contributed by atoms with van der Waals surface area (Å²) in [5, 5.41) is 18.0. The Morgan fingerprint density at radius 1 is 1.09 bits per heavy atom. The summed E-state index contributed by atoms with van der Waals surface area (Å²) >= 11 is 1.32. The molecule has 0 unspecified atom stereocenters. The molecule has 4 rings (SSSR count). The summed E-state index contributed by atoms with van der Waals surface area (Å²) in [5.74, 6) is 1.34. The van der Waals surface area contributed by atoms with Crippen molar-refractivity contribution in [3.8, 4) is 17.2 Å². The maximum atomic E-state index is 12.7. The highest BCUT2D eigenvalue weighted by Crippen LogP contribution is 2.32. The molecule has 1 amide bonds. The summed E-state index contributed by atoms with van der Waals surface area (Å²) in [6, 6.07) is 15.1. The Kier molecular flexibility index (Phi) is 6.79. The number of benzene rings is 2. The second-order valence-corrected chi connectivity index (χ2v) is 8.57. The quantitative estimate of drug-likeness (QED) is 0.379. The second kappa shape index (κ2) is 9.91. The molecule has 0 spiro atoms. The number of hydrogen-bond acceptors (Lipinski definition) is 7. The van der Waals surface area contributed by atoms with Gasteiger partial charge in [-0.15, -0.1) is 5.10 Å². The van der Waals surface area contributed by atoms with Crippen LogP contribution in [0.15, 0.2) is 59.8 Å². The number of carbonyl (C=O) groups is 1. The first-order valence-corrected chi connectivity index (χ1v) is 11.4. The van der Waals surface area contributed by atoms with Gasteiger partial charge in [0, 0.05) is 11.5 Å². The van der Waals surface area contributed by atoms with Gasteiger partial charge in [0.2, 0.25) is 5.91 Å². The van der Waals surface area contributed by atoms with Gasteiger partial charge in [0.25, 0.3) is 0 Å². The van der Waals surface area contributed by atoms with Gasteiger partial charge < -0.3 is 14.8 Å². The molecule has 170 valence electrons. The molecule has 2 aromatic carbocycles. The number of rotatable bonds is 8. The summed E-state index contributed by atoms with van der Waals surface area (Å²) in [6.45, 7) is 4.15. The molecule has 0 saturated heterocycles. The number of methoxy groups -OCH3 is 2. The first-order chi connectivity index (χ1) is 16.0. The summed E-state index contributed by atoms with van der Waals surface area (Å²) < 4.78 is 12.4. The third-order valence-corrected chi connectivity index (χ3v) is 6.02. The fraction of sp³-hybridized carbons (Fsp3) is 0.250. The predicted octanol–water partition coefficient (Wildman–Crippen LogP) is 4.69. The number of nitrogens with one attached hydrogen (secondary N) is 1. The van der Waals surface area contributed by atoms with Crippen LogP contribution >= 0.6 is 11.8 Å². The van der Waals surface area contributed by atoms with Crippen LogP contribution in [0.1, 0.15) is 25.5 Å². The van der Waals surface area contributed by atoms with E-state index in [1.165, 1.54) is 11.8 Å². The van der Waals surface area contributed by atoms with Crippen LogP contribution in [0.4, 0.5) is 5.69 Å². The summed E-state index contributed by atoms with van der Waals surface area (Å²) in [5.41, 5.74) is 3.22. The Bertz CT molecular complexity index is 1270. The van der Waals surface area contributed by atoms with Crippen molar-refractivity contribution < 1.29 is 14.3 Å². The number of ether oxygens (including phenoxy) is 2. The molecule has 0 atom stereocenters. The van der Waals surface area contributed by atoms with Crippen molar-refractivity contribution in [3.05, 3.63) is 60.4 Å². The Morgan fingerprint density at radius 3 is 2.58 bits per heavy atom. The normalized spacial score (nSPS) is 11.1. The number of thioether (sulfide) groups is 1. The van der Waals surface area contributed by atoms with E-state index in [0.29, 0.717) is 22.2 Å². The molecule has 0 aliphatic rings. The van der Waals surface area contributed by atoms with Crippen molar-refractivity contribution in [2.24, 2.45) is 0 Å². The number of nitrogens with zero attached hydrogens (tertiary/aromatic N) is 4. The largest absolute Gasteiger partial charge is 0.497 e. The van der Waals surface area contributed by atoms with Crippen molar-refractivity contribution in [1.82, 2.24) is 20.0 Å². The molecule has 33 heavy (non-hydrogen) atoms. The molecule has 9 heteroatoms. The van der Waals surface area contributed by atoms with E-state index in [-0.39, 0.29) is 17.6 Å². The Hall–Kier alpha value is -3.59. The molecule has 1 N–H and O–H groups in total. The van der Waals surface area contributed by atoms with Crippen molar-refractivity contribution in [3.63, 3.8) is 0 Å². The molecule has 8 nitrogen and oxygen atoms in total. The van der Waals surface area contributed by atoms with Crippen molar-refractivity contribution in [2.45, 2.75) is 24.8 Å². The van der Waals surface area contributed by atoms with Gasteiger partial charge >= 0.3 is 0 Å². The van der Waals surface area contributed by atoms with Crippen LogP contribution in [-0.2, 0) is 4.79 Å². The summed E-state index contributed by atoms with van der Waals surface area (Å²) in [6.07, 6.45) is 1.82. The minimum Gasteiger partial charge on any atom is -0.497 e. The van der Waals surface area contributed by atoms with E-state index < -0.39 is 0 Å². The third-order valence-electron chi connectivity index (χ3n) is 5.07. The van der Waals surface area contributed by atoms with Crippen LogP contribution in [-0.4, -0.2) is 45.9 Å². The predicted molar refractivity (Wildman–Crippen MR) is 130 cm³/mol. The molecule has 0 bridgehead atoms. The number of carbonyl (C=O) groups excluding carboxylic acids is 1. The number of anilines is 1. The minimum absolute atomic E-state index is 0.153. The lowest BCUT2D eigenvalue weighted by atomic mass is 10.1. The fourth-order valence-electron chi connectivity index (χ4n) is 3.45. The third kappa shape index (κ3) is 4.78. The number of amides is 1. The van der Waals surface area contributed by atoms with Crippen molar-refractivity contribution in [1.29, 1.82) is 0 Å². The van der Waals surface area contributed by atoms with Crippen LogP contribution in [0.3, 0.4) is 0 Å². The van der Waals surface area contributed by atoms with Gasteiger partial charge in [-0.25, -0.2) is 4.68 Å². The lowest BCUT2D eigenvalue weighted by molar-refractivity contribution is -0.113. The average molecular weight is 464 g/mol. The van der Waals surface area contributed by atoms with Crippen molar-refractivity contribution >= 4 is 34.3 Å². The monoisotopic (exact) mass is 463 g/mol. The lowest BCUT2D eigenvalue weighted by Crippen LogP contribution is -2.15. The number of aromatic nitrogens is 4. The van der Waals surface area contributed by atoms with Crippen LogP contribution in [0.2, 0.25) is 0 Å². The van der Waals surface area contributed by atoms with E-state index >= 15 is 0 Å². The van der Waals surface area contributed by atoms with E-state index in [9.17, 15) is 4.79 Å². The average Bonchev–Trinajstić information content (AvgIpc) is 3.28. The number of hydrogen-bond donors (Lipinski definition) is 1. The maximum absolute atomic E-state index is 12.7. The smallest absolute Gasteiger partial charge is 0.234 e. The zero-order valence-electron chi connectivity index (χ0n) is 18.9. The lowest BCUT2D eigenvalue weighted by Gasteiger charge is -2.12. The van der Waals surface area contributed by atoms with Crippen molar-refractivity contribution in [2.75, 3.05) is 25.3 Å². The van der Waals surface area contributed by atoms with Gasteiger partial charge in [0.05, 0.1) is 43.2 Å². The number of fused-ring (bicyclic) bond motifs is 1. The standard InChI is InChI=1S/C24H25N5O3S/c1-15(2)22-18-13-25-29(16-8-6-5-7-9-16)23(18)24(28-27-22)33-14-21(30)26-19-11-10-17(31-3)12-20(19)32-4/h5-13,15H,14H2,1-4H3,(H,26,30). The molecule has 0 aliphatic heterocycles. The maximum Gasteiger partial charge on any atom is 0.234 e. The van der Waals surface area contributed by atoms with E-state index in [4.69, 9.17) is 9.47 Å². The molecule has 0 fully saturated rings. The first kappa shape index (κ1) is 22.6. The highest BCUT2D eigenvalue weighted by Gasteiger charge is 2.19. The summed E-state index contributed by atoms with van der Waals surface area (Å²) in [7, 11) is 3.13. The Balaban J connectivity index is 1.61. The van der Waals surface area contributed by atoms with E-state index in [1.807, 2.05) is 41.2 Å². The zero-order valence-corrected chi connectivity index (χ0v) is 19.7. The van der Waals surface area contributed by atoms with E-state index in [2.05, 4.69) is 34.5 Å². The van der Waals surface area contributed by atoms with Gasteiger partial charge in [-0.05, 0) is 30.2 Å². The molecule has 2 aromatic heterocycles. The zero-order chi connectivity index (χ0) is 23.4. The molecule has 0 radical (unpaired) electrons. The van der Waals surface area contributed by atoms with Crippen LogP contribution in [0, 0.1) is 0 Å². The Morgan fingerprint density at radius 2 is 1.88 bits per heavy atom. The fourth-order valence-corrected chi connectivity index (χ4v) is 4.22. The van der Waals surface area contributed by atoms with Gasteiger partial charge in [-0.3, -0.25) is 4.79 Å². The second-order valence-electron chi connectivity index (χ2n) is 7.60. The van der Waals surface area contributed by atoms with Crippen LogP contribution < -0.4 is 14.8 Å². The highest BCUT2D eigenvalue weighted by molar-refractivity contribution is 8.00. The highest BCUT2D eigenvalue weighted by atomic mass is 32.2.